The Hall–Kier alpha value is -1.56. The molecule has 0 aromatic carbocycles. The average molecular weight is 251 g/mol. The van der Waals surface area contributed by atoms with Crippen LogP contribution in [0.4, 0.5) is 5.69 Å². The minimum absolute atomic E-state index is 0.0663. The van der Waals surface area contributed by atoms with Gasteiger partial charge >= 0.3 is 0 Å². The van der Waals surface area contributed by atoms with Crippen LogP contribution in [-0.2, 0) is 0 Å². The van der Waals surface area contributed by atoms with Crippen LogP contribution in [0.1, 0.15) is 29.0 Å². The Morgan fingerprint density at radius 3 is 2.83 bits per heavy atom. The van der Waals surface area contributed by atoms with E-state index in [9.17, 15) is 4.79 Å². The van der Waals surface area contributed by atoms with Gasteiger partial charge in [0.05, 0.1) is 11.4 Å². The van der Waals surface area contributed by atoms with E-state index in [0.29, 0.717) is 17.4 Å². The van der Waals surface area contributed by atoms with E-state index in [1.165, 1.54) is 0 Å². The largest absolute Gasteiger partial charge is 0.395 e. The lowest BCUT2D eigenvalue weighted by molar-refractivity contribution is 0.0630. The smallest absolute Gasteiger partial charge is 0.276 e. The molecule has 1 aromatic rings. The summed E-state index contributed by atoms with van der Waals surface area (Å²) < 4.78 is 0. The van der Waals surface area contributed by atoms with Crippen molar-refractivity contribution in [3.8, 4) is 0 Å². The molecular weight excluding hydrogens is 230 g/mol. The topological polar surface area (TPSA) is 78.2 Å². The number of H-pyrrole nitrogens is 1. The van der Waals surface area contributed by atoms with Crippen molar-refractivity contribution in [1.82, 2.24) is 20.0 Å². The van der Waals surface area contributed by atoms with E-state index in [1.807, 2.05) is 25.9 Å². The molecule has 6 heteroatoms. The Labute approximate surface area is 107 Å². The SMILES string of the molecule is Cc1[nH]nc(C(=O)N2CCCC(N(C)C)C2)c1N. The summed E-state index contributed by atoms with van der Waals surface area (Å²) in [6.07, 6.45) is 2.16. The van der Waals surface area contributed by atoms with Gasteiger partial charge < -0.3 is 15.5 Å². The van der Waals surface area contributed by atoms with E-state index >= 15 is 0 Å². The quantitative estimate of drug-likeness (QED) is 0.800. The zero-order valence-electron chi connectivity index (χ0n) is 11.2. The van der Waals surface area contributed by atoms with Crippen molar-refractivity contribution in [1.29, 1.82) is 0 Å². The summed E-state index contributed by atoms with van der Waals surface area (Å²) in [5, 5.41) is 6.76. The van der Waals surface area contributed by atoms with Crippen molar-refractivity contribution < 1.29 is 4.79 Å². The summed E-state index contributed by atoms with van der Waals surface area (Å²) >= 11 is 0. The molecule has 1 aliphatic heterocycles. The molecule has 2 heterocycles. The lowest BCUT2D eigenvalue weighted by Gasteiger charge is -2.35. The number of carbonyl (C=O) groups is 1. The maximum atomic E-state index is 12.3. The second kappa shape index (κ2) is 4.97. The average Bonchev–Trinajstić information content (AvgIpc) is 2.69. The van der Waals surface area contributed by atoms with Crippen LogP contribution >= 0.6 is 0 Å². The zero-order valence-corrected chi connectivity index (χ0v) is 11.2. The molecule has 18 heavy (non-hydrogen) atoms. The van der Waals surface area contributed by atoms with Gasteiger partial charge in [-0.1, -0.05) is 0 Å². The van der Waals surface area contributed by atoms with Crippen LogP contribution in [0.25, 0.3) is 0 Å². The number of hydrogen-bond donors (Lipinski definition) is 2. The number of likely N-dealkylation sites (N-methyl/N-ethyl adjacent to an activating group) is 1. The molecule has 2 rings (SSSR count). The van der Waals surface area contributed by atoms with E-state index in [-0.39, 0.29) is 5.91 Å². The first-order chi connectivity index (χ1) is 8.50. The summed E-state index contributed by atoms with van der Waals surface area (Å²) in [5.74, 6) is -0.0663. The van der Waals surface area contributed by atoms with Crippen LogP contribution in [-0.4, -0.2) is 59.1 Å². The van der Waals surface area contributed by atoms with Gasteiger partial charge in [-0.3, -0.25) is 9.89 Å². The molecule has 1 fully saturated rings. The first kappa shape index (κ1) is 12.9. The minimum Gasteiger partial charge on any atom is -0.395 e. The molecule has 0 radical (unpaired) electrons. The van der Waals surface area contributed by atoms with Crippen molar-refractivity contribution >= 4 is 11.6 Å². The number of aromatic nitrogens is 2. The lowest BCUT2D eigenvalue weighted by Crippen LogP contribution is -2.47. The van der Waals surface area contributed by atoms with E-state index in [4.69, 9.17) is 5.73 Å². The zero-order chi connectivity index (χ0) is 13.3. The number of nitrogens with zero attached hydrogens (tertiary/aromatic N) is 3. The van der Waals surface area contributed by atoms with Crippen molar-refractivity contribution in [2.75, 3.05) is 32.9 Å². The number of piperidine rings is 1. The first-order valence-corrected chi connectivity index (χ1v) is 6.27. The molecule has 0 saturated carbocycles. The summed E-state index contributed by atoms with van der Waals surface area (Å²) in [7, 11) is 4.09. The highest BCUT2D eigenvalue weighted by Gasteiger charge is 2.28. The lowest BCUT2D eigenvalue weighted by atomic mass is 10.0. The Kier molecular flexibility index (Phi) is 3.56. The summed E-state index contributed by atoms with van der Waals surface area (Å²) in [6, 6.07) is 0.420. The number of nitrogen functional groups attached to an aromatic ring is 1. The fraction of sp³-hybridized carbons (Fsp3) is 0.667. The van der Waals surface area contributed by atoms with Gasteiger partial charge in [0.25, 0.3) is 5.91 Å². The third-order valence-corrected chi connectivity index (χ3v) is 3.61. The number of anilines is 1. The fourth-order valence-electron chi connectivity index (χ4n) is 2.31. The number of nitrogens with one attached hydrogen (secondary N) is 1. The number of amides is 1. The molecule has 1 aromatic heterocycles. The Bertz CT molecular complexity index is 440. The molecule has 1 saturated heterocycles. The second-order valence-corrected chi connectivity index (χ2v) is 5.12. The van der Waals surface area contributed by atoms with Gasteiger partial charge in [-0.05, 0) is 33.9 Å². The summed E-state index contributed by atoms with van der Waals surface area (Å²) in [5.41, 5.74) is 7.42. The molecule has 1 atom stereocenters. The van der Waals surface area contributed by atoms with E-state index in [1.54, 1.807) is 0 Å². The fourth-order valence-corrected chi connectivity index (χ4v) is 2.31. The van der Waals surface area contributed by atoms with Crippen LogP contribution in [0.15, 0.2) is 0 Å². The van der Waals surface area contributed by atoms with Gasteiger partial charge in [0.2, 0.25) is 0 Å². The van der Waals surface area contributed by atoms with E-state index in [2.05, 4.69) is 15.1 Å². The summed E-state index contributed by atoms with van der Waals surface area (Å²) in [4.78, 5) is 16.4. The van der Waals surface area contributed by atoms with Crippen molar-refractivity contribution in [2.45, 2.75) is 25.8 Å². The van der Waals surface area contributed by atoms with Crippen LogP contribution < -0.4 is 5.73 Å². The van der Waals surface area contributed by atoms with Gasteiger partial charge in [0.15, 0.2) is 5.69 Å². The molecule has 100 valence electrons. The third-order valence-electron chi connectivity index (χ3n) is 3.61. The predicted octanol–water partition coefficient (Wildman–Crippen LogP) is 0.467. The molecule has 3 N–H and O–H groups in total. The highest BCUT2D eigenvalue weighted by molar-refractivity contribution is 5.97. The van der Waals surface area contributed by atoms with E-state index < -0.39 is 0 Å². The van der Waals surface area contributed by atoms with Gasteiger partial charge in [0, 0.05) is 19.1 Å². The van der Waals surface area contributed by atoms with E-state index in [0.717, 1.165) is 31.6 Å². The predicted molar refractivity (Wildman–Crippen MR) is 70.3 cm³/mol. The van der Waals surface area contributed by atoms with Gasteiger partial charge in [-0.25, -0.2) is 0 Å². The normalized spacial score (nSPS) is 20.4. The van der Waals surface area contributed by atoms with Crippen molar-refractivity contribution in [3.63, 3.8) is 0 Å². The van der Waals surface area contributed by atoms with Crippen LogP contribution in [0, 0.1) is 6.92 Å². The number of hydrogen-bond acceptors (Lipinski definition) is 4. The molecule has 1 unspecified atom stereocenters. The highest BCUT2D eigenvalue weighted by Crippen LogP contribution is 2.19. The van der Waals surface area contributed by atoms with Crippen LogP contribution in [0.2, 0.25) is 0 Å². The molecule has 1 aliphatic rings. The highest BCUT2D eigenvalue weighted by atomic mass is 16.2. The molecule has 0 aliphatic carbocycles. The molecular formula is C12H21N5O. The Morgan fingerprint density at radius 2 is 2.28 bits per heavy atom. The number of aromatic amines is 1. The number of aryl methyl sites for hydroxylation is 1. The van der Waals surface area contributed by atoms with Crippen molar-refractivity contribution in [2.24, 2.45) is 0 Å². The molecule has 0 spiro atoms. The third kappa shape index (κ3) is 2.33. The standard InChI is InChI=1S/C12H21N5O/c1-8-10(13)11(15-14-8)12(18)17-6-4-5-9(7-17)16(2)3/h9H,4-7,13H2,1-3H3,(H,14,15). The number of rotatable bonds is 2. The number of carbonyl (C=O) groups excluding carboxylic acids is 1. The van der Waals surface area contributed by atoms with Crippen molar-refractivity contribution in [3.05, 3.63) is 11.4 Å². The Morgan fingerprint density at radius 1 is 1.56 bits per heavy atom. The maximum Gasteiger partial charge on any atom is 0.276 e. The molecule has 0 bridgehead atoms. The maximum absolute atomic E-state index is 12.3. The monoisotopic (exact) mass is 251 g/mol. The second-order valence-electron chi connectivity index (χ2n) is 5.12. The number of likely N-dealkylation sites (tertiary alicyclic amines) is 1. The van der Waals surface area contributed by atoms with Crippen LogP contribution in [0.3, 0.4) is 0 Å². The molecule has 1 amide bonds. The molecule has 6 nitrogen and oxygen atoms in total. The van der Waals surface area contributed by atoms with Gasteiger partial charge in [0.1, 0.15) is 0 Å². The number of nitrogens with two attached hydrogens (primary N) is 1. The van der Waals surface area contributed by atoms with Gasteiger partial charge in [-0.15, -0.1) is 0 Å². The minimum atomic E-state index is -0.0663. The Balaban J connectivity index is 2.12. The summed E-state index contributed by atoms with van der Waals surface area (Å²) in [6.45, 7) is 3.35. The first-order valence-electron chi connectivity index (χ1n) is 6.27. The van der Waals surface area contributed by atoms with Crippen LogP contribution in [0.5, 0.6) is 0 Å². The van der Waals surface area contributed by atoms with Gasteiger partial charge in [-0.2, -0.15) is 5.10 Å².